The quantitative estimate of drug-likeness (QED) is 0.177. The monoisotopic (exact) mass is 821 g/mol. The first-order valence-corrected chi connectivity index (χ1v) is 19.1. The fourth-order valence-electron chi connectivity index (χ4n) is 7.04. The molecule has 4 aromatic carbocycles. The van der Waals surface area contributed by atoms with Crippen LogP contribution in [0.4, 0.5) is 0 Å². The van der Waals surface area contributed by atoms with Crippen LogP contribution in [0.1, 0.15) is 59.3 Å². The Labute approximate surface area is 327 Å². The van der Waals surface area contributed by atoms with Crippen LogP contribution in [0.15, 0.2) is 102 Å². The lowest BCUT2D eigenvalue weighted by Crippen LogP contribution is -2.40. The Morgan fingerprint density at radius 1 is 0.647 bits per heavy atom. The van der Waals surface area contributed by atoms with E-state index in [1.165, 1.54) is 22.3 Å². The molecule has 262 valence electrons. The summed E-state index contributed by atoms with van der Waals surface area (Å²) in [6, 6.07) is 29.0. The summed E-state index contributed by atoms with van der Waals surface area (Å²) in [5, 5.41) is 2.14. The highest BCUT2D eigenvalue weighted by atomic mass is 79.9. The van der Waals surface area contributed by atoms with Gasteiger partial charge in [-0.15, -0.1) is 0 Å². The van der Waals surface area contributed by atoms with Crippen molar-refractivity contribution in [2.24, 2.45) is 0 Å². The average molecular weight is 824 g/mol. The summed E-state index contributed by atoms with van der Waals surface area (Å²) in [5.41, 5.74) is 8.44. The van der Waals surface area contributed by atoms with E-state index in [0.717, 1.165) is 28.6 Å². The number of benzene rings is 4. The summed E-state index contributed by atoms with van der Waals surface area (Å²) in [5.74, 6) is 0.0921. The zero-order valence-corrected chi connectivity index (χ0v) is 32.8. The zero-order chi connectivity index (χ0) is 36.2. The molecule has 0 saturated heterocycles. The molecular weight excluding hydrogens is 788 g/mol. The Bertz CT molecular complexity index is 2040. The van der Waals surface area contributed by atoms with Gasteiger partial charge in [-0.25, -0.2) is 0 Å². The van der Waals surface area contributed by atoms with E-state index >= 15 is 0 Å². The predicted molar refractivity (Wildman–Crippen MR) is 212 cm³/mol. The Hall–Kier alpha value is -3.39. The summed E-state index contributed by atoms with van der Waals surface area (Å²) < 4.78 is 1.11. The molecule has 2 aliphatic heterocycles. The van der Waals surface area contributed by atoms with Gasteiger partial charge in [0.2, 0.25) is 11.8 Å². The smallest absolute Gasteiger partial charge is 0.227 e. The zero-order valence-electron chi connectivity index (χ0n) is 28.2. The predicted octanol–water partition coefficient (Wildman–Crippen LogP) is 11.2. The molecule has 51 heavy (non-hydrogen) atoms. The molecule has 10 heteroatoms. The van der Waals surface area contributed by atoms with E-state index in [2.05, 4.69) is 53.0 Å². The number of fused-ring (bicyclic) bond motifs is 2. The first-order valence-electron chi connectivity index (χ1n) is 16.8. The number of aromatic nitrogens is 1. The third-order valence-electron chi connectivity index (χ3n) is 9.77. The number of amides is 2. The van der Waals surface area contributed by atoms with Gasteiger partial charge in [0.05, 0.1) is 30.6 Å². The van der Waals surface area contributed by atoms with Crippen LogP contribution in [0.5, 0.6) is 0 Å². The first-order chi connectivity index (χ1) is 24.5. The van der Waals surface area contributed by atoms with E-state index < -0.39 is 0 Å². The minimum absolute atomic E-state index is 0.0128. The molecule has 0 spiro atoms. The van der Waals surface area contributed by atoms with Gasteiger partial charge < -0.3 is 9.80 Å². The molecule has 3 heterocycles. The summed E-state index contributed by atoms with van der Waals surface area (Å²) in [7, 11) is 0. The number of nitrogens with zero attached hydrogens (tertiary/aromatic N) is 3. The van der Waals surface area contributed by atoms with Crippen molar-refractivity contribution in [1.82, 2.24) is 14.8 Å². The number of hydrogen-bond donors (Lipinski definition) is 0. The number of rotatable bonds is 5. The molecule has 0 unspecified atom stereocenters. The van der Waals surface area contributed by atoms with Gasteiger partial charge in [-0.2, -0.15) is 0 Å². The van der Waals surface area contributed by atoms with E-state index in [1.807, 2.05) is 52.4 Å². The Kier molecular flexibility index (Phi) is 12.1. The van der Waals surface area contributed by atoms with E-state index in [4.69, 9.17) is 46.4 Å². The van der Waals surface area contributed by atoms with Gasteiger partial charge in [0.25, 0.3) is 0 Å². The molecule has 5 aromatic rings. The Morgan fingerprint density at radius 2 is 1.12 bits per heavy atom. The van der Waals surface area contributed by atoms with E-state index in [0.29, 0.717) is 44.3 Å². The highest BCUT2D eigenvalue weighted by Crippen LogP contribution is 2.37. The molecule has 7 rings (SSSR count). The Balaban J connectivity index is 0.000000179. The third kappa shape index (κ3) is 8.16. The molecule has 0 fully saturated rings. The maximum Gasteiger partial charge on any atom is 0.227 e. The molecule has 5 nitrogen and oxygen atoms in total. The van der Waals surface area contributed by atoms with E-state index in [9.17, 15) is 9.59 Å². The van der Waals surface area contributed by atoms with Crippen molar-refractivity contribution in [1.29, 1.82) is 0 Å². The molecule has 2 amide bonds. The standard InChI is InChI=1S/C23H20Cl2N2O.C18H16BrCl2NO/c1-15-16-6-4-7-18(22-10-2-3-12-26-22)17(16)11-13-27(15)23(28)14-19-20(24)8-5-9-21(19)25;1-11-12-4-2-5-15(19)13(12)8-9-22(11)18(23)10-14-16(20)6-3-7-17(14)21/h2-10,12,15H,11,13-14H2,1H3;2-7,11H,8-10H2,1H3/t15-;11-/m00/s1. The van der Waals surface area contributed by atoms with Crippen LogP contribution in [0.3, 0.4) is 0 Å². The van der Waals surface area contributed by atoms with Crippen LogP contribution in [0.25, 0.3) is 11.3 Å². The lowest BCUT2D eigenvalue weighted by atomic mass is 9.88. The molecule has 2 aliphatic rings. The van der Waals surface area contributed by atoms with Crippen molar-refractivity contribution in [3.8, 4) is 11.3 Å². The lowest BCUT2D eigenvalue weighted by molar-refractivity contribution is -0.133. The summed E-state index contributed by atoms with van der Waals surface area (Å²) in [6.07, 6.45) is 3.89. The van der Waals surface area contributed by atoms with Crippen molar-refractivity contribution < 1.29 is 9.59 Å². The largest absolute Gasteiger partial charge is 0.335 e. The van der Waals surface area contributed by atoms with Crippen LogP contribution in [-0.4, -0.2) is 39.7 Å². The number of carbonyl (C=O) groups excluding carboxylic acids is 2. The fourth-order valence-corrected chi connectivity index (χ4v) is 8.69. The normalized spacial score (nSPS) is 16.5. The minimum Gasteiger partial charge on any atom is -0.335 e. The number of pyridine rings is 1. The second kappa shape index (κ2) is 16.5. The lowest BCUT2D eigenvalue weighted by Gasteiger charge is -2.36. The molecule has 2 atom stereocenters. The average Bonchev–Trinajstić information content (AvgIpc) is 3.12. The van der Waals surface area contributed by atoms with Crippen LogP contribution in [-0.2, 0) is 35.3 Å². The third-order valence-corrected chi connectivity index (χ3v) is 11.9. The molecule has 0 aliphatic carbocycles. The highest BCUT2D eigenvalue weighted by Gasteiger charge is 2.31. The number of hydrogen-bond acceptors (Lipinski definition) is 3. The van der Waals surface area contributed by atoms with Crippen molar-refractivity contribution in [2.45, 2.75) is 51.6 Å². The maximum atomic E-state index is 13.0. The SMILES string of the molecule is C[C@H]1c2cccc(-c3ccccn3)c2CCN1C(=O)Cc1c(Cl)cccc1Cl.C[C@H]1c2cccc(Br)c2CCN1C(=O)Cc1c(Cl)cccc1Cl. The molecular formula is C41H36BrCl4N3O2. The van der Waals surface area contributed by atoms with Crippen molar-refractivity contribution in [2.75, 3.05) is 13.1 Å². The van der Waals surface area contributed by atoms with Crippen molar-refractivity contribution in [3.63, 3.8) is 0 Å². The van der Waals surface area contributed by atoms with Crippen LogP contribution >= 0.6 is 62.3 Å². The van der Waals surface area contributed by atoms with Gasteiger partial charge in [0.1, 0.15) is 0 Å². The van der Waals surface area contributed by atoms with Gasteiger partial charge in [0, 0.05) is 49.4 Å². The number of halogens is 5. The van der Waals surface area contributed by atoms with Crippen LogP contribution in [0.2, 0.25) is 20.1 Å². The van der Waals surface area contributed by atoms with Gasteiger partial charge in [0.15, 0.2) is 0 Å². The topological polar surface area (TPSA) is 53.5 Å². The van der Waals surface area contributed by atoms with Gasteiger partial charge in [-0.05, 0) is 103 Å². The highest BCUT2D eigenvalue weighted by molar-refractivity contribution is 9.10. The van der Waals surface area contributed by atoms with Gasteiger partial charge in [-0.3, -0.25) is 14.6 Å². The molecule has 0 radical (unpaired) electrons. The Morgan fingerprint density at radius 3 is 1.63 bits per heavy atom. The van der Waals surface area contributed by atoms with Crippen LogP contribution < -0.4 is 0 Å². The molecule has 0 N–H and O–H groups in total. The van der Waals surface area contributed by atoms with Crippen molar-refractivity contribution in [3.05, 3.63) is 155 Å². The second-order valence-electron chi connectivity index (χ2n) is 12.7. The van der Waals surface area contributed by atoms with E-state index in [-0.39, 0.29) is 36.7 Å². The maximum absolute atomic E-state index is 13.0. The van der Waals surface area contributed by atoms with E-state index in [1.54, 1.807) is 36.4 Å². The van der Waals surface area contributed by atoms with Gasteiger partial charge >= 0.3 is 0 Å². The molecule has 0 bridgehead atoms. The summed E-state index contributed by atoms with van der Waals surface area (Å²) in [6.45, 7) is 5.51. The second-order valence-corrected chi connectivity index (χ2v) is 15.2. The van der Waals surface area contributed by atoms with Gasteiger partial charge in [-0.1, -0.05) is 111 Å². The first kappa shape index (κ1) is 37.4. The molecule has 1 aromatic heterocycles. The van der Waals surface area contributed by atoms with Crippen LogP contribution in [0, 0.1) is 0 Å². The number of carbonyl (C=O) groups is 2. The van der Waals surface area contributed by atoms with Crippen molar-refractivity contribution >= 4 is 74.1 Å². The minimum atomic E-state index is -0.0128. The summed E-state index contributed by atoms with van der Waals surface area (Å²) >= 11 is 28.5. The molecule has 0 saturated carbocycles. The summed E-state index contributed by atoms with van der Waals surface area (Å²) in [4.78, 5) is 34.2. The fraction of sp³-hybridized carbons (Fsp3) is 0.244.